The van der Waals surface area contributed by atoms with Gasteiger partial charge >= 0.3 is 0 Å². The number of hydrogen-bond donors (Lipinski definition) is 1. The molecular weight excluding hydrogens is 419 g/mol. The van der Waals surface area contributed by atoms with E-state index in [-0.39, 0.29) is 24.0 Å². The molecule has 4 nitrogen and oxygen atoms in total. The number of aryl methyl sites for hydroxylation is 1. The minimum absolute atomic E-state index is 0. The number of halogens is 1. The molecular formula is C17H29IN4S. The third kappa shape index (κ3) is 4.59. The van der Waals surface area contributed by atoms with Crippen molar-refractivity contribution in [1.82, 2.24) is 15.2 Å². The van der Waals surface area contributed by atoms with Crippen LogP contribution >= 0.6 is 35.3 Å². The Morgan fingerprint density at radius 3 is 2.78 bits per heavy atom. The Balaban J connectivity index is 0.00000192. The Labute approximate surface area is 161 Å². The summed E-state index contributed by atoms with van der Waals surface area (Å²) in [6.07, 6.45) is 9.66. The first-order valence-electron chi connectivity index (χ1n) is 8.71. The Morgan fingerprint density at radius 1 is 1.39 bits per heavy atom. The van der Waals surface area contributed by atoms with Crippen LogP contribution in [0.2, 0.25) is 0 Å². The van der Waals surface area contributed by atoms with Crippen molar-refractivity contribution in [3.05, 3.63) is 16.1 Å². The van der Waals surface area contributed by atoms with Crippen LogP contribution in [0.1, 0.15) is 49.4 Å². The van der Waals surface area contributed by atoms with Gasteiger partial charge in [0.05, 0.1) is 5.01 Å². The average Bonchev–Trinajstić information content (AvgIpc) is 3.13. The summed E-state index contributed by atoms with van der Waals surface area (Å²) in [5.41, 5.74) is 0.627. The van der Waals surface area contributed by atoms with Gasteiger partial charge in [-0.05, 0) is 38.0 Å². The van der Waals surface area contributed by atoms with Crippen LogP contribution in [-0.4, -0.2) is 42.0 Å². The highest BCUT2D eigenvalue weighted by atomic mass is 127. The number of guanidine groups is 1. The largest absolute Gasteiger partial charge is 0.357 e. The van der Waals surface area contributed by atoms with Crippen LogP contribution in [0.4, 0.5) is 0 Å². The van der Waals surface area contributed by atoms with Crippen molar-refractivity contribution in [1.29, 1.82) is 0 Å². The summed E-state index contributed by atoms with van der Waals surface area (Å²) in [6, 6.07) is 0. The summed E-state index contributed by atoms with van der Waals surface area (Å²) in [7, 11) is 0. The Morgan fingerprint density at radius 2 is 2.22 bits per heavy atom. The number of nitrogens with zero attached hydrogens (tertiary/aromatic N) is 3. The smallest absolute Gasteiger partial charge is 0.193 e. The number of nitrogens with one attached hydrogen (secondary N) is 1. The Kier molecular flexibility index (Phi) is 7.13. The summed E-state index contributed by atoms with van der Waals surface area (Å²) in [5, 5.41) is 4.69. The summed E-state index contributed by atoms with van der Waals surface area (Å²) in [5.74, 6) is 1.11. The van der Waals surface area contributed by atoms with Crippen LogP contribution in [0.5, 0.6) is 0 Å². The number of hydrogen-bond acceptors (Lipinski definition) is 3. The molecule has 0 unspecified atom stereocenters. The van der Waals surface area contributed by atoms with E-state index in [1.54, 1.807) is 0 Å². The van der Waals surface area contributed by atoms with Gasteiger partial charge in [0.1, 0.15) is 0 Å². The van der Waals surface area contributed by atoms with Crippen LogP contribution in [0.15, 0.2) is 11.2 Å². The van der Waals surface area contributed by atoms with E-state index in [0.29, 0.717) is 5.41 Å². The predicted molar refractivity (Wildman–Crippen MR) is 109 cm³/mol. The highest BCUT2D eigenvalue weighted by Crippen LogP contribution is 2.47. The second-order valence-electron chi connectivity index (χ2n) is 6.58. The first-order valence-corrected chi connectivity index (χ1v) is 9.53. The second kappa shape index (κ2) is 8.65. The van der Waals surface area contributed by atoms with Gasteiger partial charge in [0.2, 0.25) is 0 Å². The quantitative estimate of drug-likeness (QED) is 0.424. The van der Waals surface area contributed by atoms with Crippen molar-refractivity contribution in [3.63, 3.8) is 0 Å². The third-order valence-corrected chi connectivity index (χ3v) is 6.23. The van der Waals surface area contributed by atoms with Gasteiger partial charge in [0.25, 0.3) is 0 Å². The summed E-state index contributed by atoms with van der Waals surface area (Å²) in [4.78, 5) is 13.2. The minimum Gasteiger partial charge on any atom is -0.357 e. The molecule has 1 saturated carbocycles. The Bertz CT molecular complexity index is 524. The van der Waals surface area contributed by atoms with Gasteiger partial charge < -0.3 is 10.2 Å². The van der Waals surface area contributed by atoms with Crippen molar-refractivity contribution >= 4 is 41.3 Å². The molecule has 2 heterocycles. The minimum atomic E-state index is 0. The lowest BCUT2D eigenvalue weighted by molar-refractivity contribution is 0.151. The molecule has 2 aliphatic rings. The van der Waals surface area contributed by atoms with E-state index >= 15 is 0 Å². The molecule has 3 rings (SSSR count). The first kappa shape index (κ1) is 19.0. The summed E-state index contributed by atoms with van der Waals surface area (Å²) in [6.45, 7) is 8.49. The van der Waals surface area contributed by atoms with Gasteiger partial charge in [-0.2, -0.15) is 0 Å². The van der Waals surface area contributed by atoms with E-state index in [2.05, 4.69) is 29.0 Å². The number of aliphatic imine (C=N–C) groups is 1. The highest BCUT2D eigenvalue weighted by molar-refractivity contribution is 14.0. The van der Waals surface area contributed by atoms with Crippen molar-refractivity contribution in [3.8, 4) is 0 Å². The standard InChI is InChI=1S/C17H28N4S.HI/c1-3-14-12-20-15(22-14)6-10-19-16(18-4-2)21-11-9-17(13-21)7-5-8-17;/h12H,3-11,13H2,1-2H3,(H,18,19);1H. The molecule has 1 N–H and O–H groups in total. The Hall–Kier alpha value is -0.370. The van der Waals surface area contributed by atoms with Gasteiger partial charge in [-0.1, -0.05) is 13.3 Å². The molecule has 6 heteroatoms. The molecule has 23 heavy (non-hydrogen) atoms. The van der Waals surface area contributed by atoms with Gasteiger partial charge in [-0.3, -0.25) is 4.99 Å². The molecule has 1 aromatic heterocycles. The summed E-state index contributed by atoms with van der Waals surface area (Å²) >= 11 is 1.83. The van der Waals surface area contributed by atoms with Crippen LogP contribution < -0.4 is 5.32 Å². The highest BCUT2D eigenvalue weighted by Gasteiger charge is 2.43. The molecule has 1 aliphatic heterocycles. The van der Waals surface area contributed by atoms with Crippen LogP contribution in [-0.2, 0) is 12.8 Å². The van der Waals surface area contributed by atoms with Crippen LogP contribution in [0.25, 0.3) is 0 Å². The van der Waals surface area contributed by atoms with E-state index in [1.165, 1.54) is 48.7 Å². The zero-order chi connectivity index (χ0) is 15.4. The molecule has 0 radical (unpaired) electrons. The number of thiazole rings is 1. The van der Waals surface area contributed by atoms with Crippen molar-refractivity contribution in [2.45, 2.75) is 52.4 Å². The monoisotopic (exact) mass is 448 g/mol. The maximum absolute atomic E-state index is 4.85. The van der Waals surface area contributed by atoms with Gasteiger partial charge in [-0.25, -0.2) is 4.98 Å². The molecule has 0 atom stereocenters. The molecule has 0 aromatic carbocycles. The summed E-state index contributed by atoms with van der Waals surface area (Å²) < 4.78 is 0. The van der Waals surface area contributed by atoms with Gasteiger partial charge in [-0.15, -0.1) is 35.3 Å². The lowest BCUT2D eigenvalue weighted by Crippen LogP contribution is -2.42. The van der Waals surface area contributed by atoms with E-state index in [4.69, 9.17) is 4.99 Å². The lowest BCUT2D eigenvalue weighted by Gasteiger charge is -2.38. The molecule has 2 fully saturated rings. The predicted octanol–water partition coefficient (Wildman–Crippen LogP) is 3.71. The van der Waals surface area contributed by atoms with E-state index in [1.807, 2.05) is 17.5 Å². The molecule has 130 valence electrons. The van der Waals surface area contributed by atoms with E-state index < -0.39 is 0 Å². The molecule has 1 aliphatic carbocycles. The zero-order valence-corrected chi connectivity index (χ0v) is 17.5. The number of rotatable bonds is 5. The fraction of sp³-hybridized carbons (Fsp3) is 0.765. The molecule has 1 saturated heterocycles. The van der Waals surface area contributed by atoms with E-state index in [0.717, 1.165) is 31.9 Å². The SMILES string of the molecule is CCNC(=NCCc1ncc(CC)s1)N1CCC2(CCC2)C1.I. The first-order chi connectivity index (χ1) is 10.7. The fourth-order valence-electron chi connectivity index (χ4n) is 3.51. The molecule has 0 amide bonds. The molecule has 0 bridgehead atoms. The van der Waals surface area contributed by atoms with Crippen molar-refractivity contribution in [2.75, 3.05) is 26.2 Å². The third-order valence-electron chi connectivity index (χ3n) is 5.02. The van der Waals surface area contributed by atoms with Crippen molar-refractivity contribution < 1.29 is 0 Å². The zero-order valence-electron chi connectivity index (χ0n) is 14.3. The maximum atomic E-state index is 4.85. The number of likely N-dealkylation sites (tertiary alicyclic amines) is 1. The topological polar surface area (TPSA) is 40.5 Å². The normalized spacial score (nSPS) is 19.6. The molecule has 1 spiro atoms. The van der Waals surface area contributed by atoms with Gasteiger partial charge in [0, 0.05) is 43.7 Å². The van der Waals surface area contributed by atoms with Gasteiger partial charge in [0.15, 0.2) is 5.96 Å². The molecule has 1 aromatic rings. The van der Waals surface area contributed by atoms with Crippen molar-refractivity contribution in [2.24, 2.45) is 10.4 Å². The maximum Gasteiger partial charge on any atom is 0.193 e. The number of aromatic nitrogens is 1. The van der Waals surface area contributed by atoms with E-state index in [9.17, 15) is 0 Å². The average molecular weight is 448 g/mol. The van der Waals surface area contributed by atoms with Crippen LogP contribution in [0.3, 0.4) is 0 Å². The lowest BCUT2D eigenvalue weighted by atomic mass is 9.68. The second-order valence-corrected chi connectivity index (χ2v) is 7.78. The van der Waals surface area contributed by atoms with Crippen LogP contribution in [0, 0.1) is 5.41 Å². The fourth-order valence-corrected chi connectivity index (χ4v) is 4.36.